The maximum Gasteiger partial charge on any atom is 0.338 e. The van der Waals surface area contributed by atoms with Crippen molar-refractivity contribution in [3.05, 3.63) is 42.5 Å². The first-order valence-corrected chi connectivity index (χ1v) is 5.31. The lowest BCUT2D eigenvalue weighted by Crippen LogP contribution is -2.06. The summed E-state index contributed by atoms with van der Waals surface area (Å²) in [5.74, 6) is -0.207. The summed E-state index contributed by atoms with van der Waals surface area (Å²) >= 11 is 0. The second kappa shape index (κ2) is 6.67. The lowest BCUT2D eigenvalue weighted by molar-refractivity contribution is 0.0498. The number of rotatable bonds is 6. The Morgan fingerprint density at radius 2 is 2.00 bits per heavy atom. The molecule has 0 fully saturated rings. The second-order valence-electron chi connectivity index (χ2n) is 3.47. The number of hydrogen-bond donors (Lipinski definition) is 1. The number of aromatic hydroxyl groups is 1. The van der Waals surface area contributed by atoms with Crippen LogP contribution in [0.5, 0.6) is 5.75 Å². The Labute approximate surface area is 95.4 Å². The summed E-state index contributed by atoms with van der Waals surface area (Å²) in [6.07, 6.45) is 4.61. The molecule has 0 radical (unpaired) electrons. The monoisotopic (exact) mass is 220 g/mol. The van der Waals surface area contributed by atoms with Crippen LogP contribution < -0.4 is 0 Å². The smallest absolute Gasteiger partial charge is 0.338 e. The van der Waals surface area contributed by atoms with E-state index in [1.165, 1.54) is 12.1 Å². The average molecular weight is 220 g/mol. The van der Waals surface area contributed by atoms with Gasteiger partial charge in [0.1, 0.15) is 5.75 Å². The van der Waals surface area contributed by atoms with Crippen molar-refractivity contribution < 1.29 is 14.6 Å². The maximum atomic E-state index is 11.5. The van der Waals surface area contributed by atoms with Crippen LogP contribution in [0.25, 0.3) is 0 Å². The van der Waals surface area contributed by atoms with Gasteiger partial charge in [0, 0.05) is 0 Å². The normalized spacial score (nSPS) is 9.75. The van der Waals surface area contributed by atoms with E-state index in [0.29, 0.717) is 12.2 Å². The number of carbonyl (C=O) groups is 1. The molecule has 3 nitrogen and oxygen atoms in total. The number of phenolic OH excluding ortho intramolecular Hbond substituents is 1. The van der Waals surface area contributed by atoms with Gasteiger partial charge in [-0.15, -0.1) is 6.58 Å². The van der Waals surface area contributed by atoms with Gasteiger partial charge in [-0.25, -0.2) is 4.79 Å². The fourth-order valence-corrected chi connectivity index (χ4v) is 1.24. The van der Waals surface area contributed by atoms with Gasteiger partial charge in [-0.1, -0.05) is 6.08 Å². The van der Waals surface area contributed by atoms with Crippen LogP contribution >= 0.6 is 0 Å². The van der Waals surface area contributed by atoms with Crippen molar-refractivity contribution in [1.29, 1.82) is 0 Å². The highest BCUT2D eigenvalue weighted by molar-refractivity contribution is 5.89. The number of phenols is 1. The van der Waals surface area contributed by atoms with Crippen LogP contribution in [0.2, 0.25) is 0 Å². The molecule has 3 heteroatoms. The largest absolute Gasteiger partial charge is 0.508 e. The lowest BCUT2D eigenvalue weighted by Gasteiger charge is -2.04. The second-order valence-corrected chi connectivity index (χ2v) is 3.47. The topological polar surface area (TPSA) is 46.5 Å². The molecular formula is C13H16O3. The van der Waals surface area contributed by atoms with Gasteiger partial charge in [0.2, 0.25) is 0 Å². The van der Waals surface area contributed by atoms with Crippen LogP contribution in [0.4, 0.5) is 0 Å². The van der Waals surface area contributed by atoms with Gasteiger partial charge in [-0.2, -0.15) is 0 Å². The highest BCUT2D eigenvalue weighted by Gasteiger charge is 2.05. The number of carbonyl (C=O) groups excluding carboxylic acids is 1. The van der Waals surface area contributed by atoms with E-state index < -0.39 is 0 Å². The van der Waals surface area contributed by atoms with Crippen molar-refractivity contribution in [1.82, 2.24) is 0 Å². The zero-order chi connectivity index (χ0) is 11.8. The zero-order valence-electron chi connectivity index (χ0n) is 9.19. The Bertz CT molecular complexity index is 341. The highest BCUT2D eigenvalue weighted by Crippen LogP contribution is 2.10. The molecule has 0 bridgehead atoms. The van der Waals surface area contributed by atoms with Crippen molar-refractivity contribution in [2.45, 2.75) is 19.3 Å². The van der Waals surface area contributed by atoms with Crippen molar-refractivity contribution in [2.24, 2.45) is 0 Å². The number of esters is 1. The summed E-state index contributed by atoms with van der Waals surface area (Å²) in [6, 6.07) is 6.02. The van der Waals surface area contributed by atoms with Gasteiger partial charge < -0.3 is 9.84 Å². The minimum absolute atomic E-state index is 0.141. The van der Waals surface area contributed by atoms with E-state index in [1.807, 2.05) is 6.08 Å². The molecule has 0 spiro atoms. The predicted octanol–water partition coefficient (Wildman–Crippen LogP) is 2.91. The van der Waals surface area contributed by atoms with E-state index >= 15 is 0 Å². The molecule has 1 aromatic carbocycles. The van der Waals surface area contributed by atoms with Crippen LogP contribution in [0.3, 0.4) is 0 Å². The Kier molecular flexibility index (Phi) is 5.12. The van der Waals surface area contributed by atoms with Crippen LogP contribution in [0, 0.1) is 0 Å². The van der Waals surface area contributed by atoms with Crippen molar-refractivity contribution >= 4 is 5.97 Å². The number of allylic oxidation sites excluding steroid dienone is 1. The molecule has 1 rings (SSSR count). The van der Waals surface area contributed by atoms with E-state index in [2.05, 4.69) is 6.58 Å². The van der Waals surface area contributed by atoms with Gasteiger partial charge in [0.15, 0.2) is 0 Å². The average Bonchev–Trinajstić information content (AvgIpc) is 2.29. The molecule has 1 aromatic rings. The molecule has 0 aromatic heterocycles. The van der Waals surface area contributed by atoms with Crippen LogP contribution in [-0.4, -0.2) is 17.7 Å². The molecule has 86 valence electrons. The Morgan fingerprint density at radius 3 is 2.62 bits per heavy atom. The van der Waals surface area contributed by atoms with Crippen LogP contribution in [-0.2, 0) is 4.74 Å². The zero-order valence-corrected chi connectivity index (χ0v) is 9.19. The molecule has 0 saturated carbocycles. The summed E-state index contributed by atoms with van der Waals surface area (Å²) in [6.45, 7) is 4.04. The molecule has 0 saturated heterocycles. The predicted molar refractivity (Wildman–Crippen MR) is 62.4 cm³/mol. The first-order chi connectivity index (χ1) is 7.74. The van der Waals surface area contributed by atoms with Gasteiger partial charge in [-0.05, 0) is 43.5 Å². The third kappa shape index (κ3) is 4.17. The SMILES string of the molecule is C=CCCCCOC(=O)c1ccc(O)cc1. The Balaban J connectivity index is 2.29. The molecular weight excluding hydrogens is 204 g/mol. The summed E-state index contributed by atoms with van der Waals surface area (Å²) in [5, 5.41) is 9.05. The van der Waals surface area contributed by atoms with E-state index in [9.17, 15) is 4.79 Å². The maximum absolute atomic E-state index is 11.5. The minimum Gasteiger partial charge on any atom is -0.508 e. The third-order valence-corrected chi connectivity index (χ3v) is 2.14. The molecule has 0 unspecified atom stereocenters. The van der Waals surface area contributed by atoms with Gasteiger partial charge >= 0.3 is 5.97 Å². The highest BCUT2D eigenvalue weighted by atomic mass is 16.5. The summed E-state index contributed by atoms with van der Waals surface area (Å²) in [4.78, 5) is 11.5. The summed E-state index contributed by atoms with van der Waals surface area (Å²) in [5.41, 5.74) is 0.460. The van der Waals surface area contributed by atoms with Gasteiger partial charge in [0.25, 0.3) is 0 Å². The first-order valence-electron chi connectivity index (χ1n) is 5.31. The standard InChI is InChI=1S/C13H16O3/c1-2-3-4-5-10-16-13(15)11-6-8-12(14)9-7-11/h2,6-9,14H,1,3-5,10H2. The van der Waals surface area contributed by atoms with E-state index in [4.69, 9.17) is 9.84 Å². The molecule has 0 aliphatic heterocycles. The number of hydrogen-bond acceptors (Lipinski definition) is 3. The molecule has 0 aliphatic rings. The van der Waals surface area contributed by atoms with Crippen molar-refractivity contribution in [3.63, 3.8) is 0 Å². The fraction of sp³-hybridized carbons (Fsp3) is 0.308. The Morgan fingerprint density at radius 1 is 1.31 bits per heavy atom. The fourth-order valence-electron chi connectivity index (χ4n) is 1.24. The number of ether oxygens (including phenoxy) is 1. The quantitative estimate of drug-likeness (QED) is 0.455. The molecule has 16 heavy (non-hydrogen) atoms. The molecule has 0 amide bonds. The number of benzene rings is 1. The lowest BCUT2D eigenvalue weighted by atomic mass is 10.2. The van der Waals surface area contributed by atoms with Gasteiger partial charge in [0.05, 0.1) is 12.2 Å². The Hall–Kier alpha value is -1.77. The summed E-state index contributed by atoms with van der Waals surface area (Å²) < 4.78 is 5.06. The molecule has 0 aliphatic carbocycles. The van der Waals surface area contributed by atoms with E-state index in [0.717, 1.165) is 19.3 Å². The van der Waals surface area contributed by atoms with Gasteiger partial charge in [-0.3, -0.25) is 0 Å². The molecule has 0 atom stereocenters. The molecule has 0 heterocycles. The minimum atomic E-state index is -0.349. The van der Waals surface area contributed by atoms with Crippen molar-refractivity contribution in [3.8, 4) is 5.75 Å². The van der Waals surface area contributed by atoms with Crippen LogP contribution in [0.1, 0.15) is 29.6 Å². The number of unbranched alkanes of at least 4 members (excludes halogenated alkanes) is 2. The first kappa shape index (κ1) is 12.3. The van der Waals surface area contributed by atoms with Crippen molar-refractivity contribution in [2.75, 3.05) is 6.61 Å². The summed E-state index contributed by atoms with van der Waals surface area (Å²) in [7, 11) is 0. The van der Waals surface area contributed by atoms with E-state index in [1.54, 1.807) is 12.1 Å². The van der Waals surface area contributed by atoms with Crippen LogP contribution in [0.15, 0.2) is 36.9 Å². The third-order valence-electron chi connectivity index (χ3n) is 2.14. The van der Waals surface area contributed by atoms with E-state index in [-0.39, 0.29) is 11.7 Å². The molecule has 1 N–H and O–H groups in total.